The van der Waals surface area contributed by atoms with Crippen LogP contribution in [0.25, 0.3) is 0 Å². The summed E-state index contributed by atoms with van der Waals surface area (Å²) >= 11 is 5.81. The van der Waals surface area contributed by atoms with Gasteiger partial charge in [-0.2, -0.15) is 0 Å². The molecule has 21 heavy (non-hydrogen) atoms. The van der Waals surface area contributed by atoms with E-state index in [1.54, 1.807) is 24.3 Å². The van der Waals surface area contributed by atoms with E-state index in [2.05, 4.69) is 23.6 Å². The predicted octanol–water partition coefficient (Wildman–Crippen LogP) is 4.34. The molecule has 0 aliphatic rings. The third kappa shape index (κ3) is 4.80. The van der Waals surface area contributed by atoms with Crippen molar-refractivity contribution in [2.45, 2.75) is 19.8 Å². The molecule has 0 saturated heterocycles. The lowest BCUT2D eigenvalue weighted by atomic mass is 10.1. The third-order valence-corrected chi connectivity index (χ3v) is 3.45. The minimum absolute atomic E-state index is 0.0150. The van der Waals surface area contributed by atoms with Crippen LogP contribution in [0.3, 0.4) is 0 Å². The Morgan fingerprint density at radius 3 is 2.52 bits per heavy atom. The first-order valence-corrected chi connectivity index (χ1v) is 7.44. The van der Waals surface area contributed by atoms with Crippen LogP contribution in [0.15, 0.2) is 48.5 Å². The molecule has 2 rings (SSSR count). The van der Waals surface area contributed by atoms with Gasteiger partial charge in [0.25, 0.3) is 0 Å². The number of carbonyl (C=O) groups excluding carboxylic acids is 1. The minimum Gasteiger partial charge on any atom is -0.384 e. The Morgan fingerprint density at radius 2 is 1.81 bits per heavy atom. The van der Waals surface area contributed by atoms with Gasteiger partial charge in [0, 0.05) is 29.4 Å². The monoisotopic (exact) mass is 302 g/mol. The van der Waals surface area contributed by atoms with Crippen molar-refractivity contribution in [1.29, 1.82) is 0 Å². The molecule has 0 aliphatic carbocycles. The summed E-state index contributed by atoms with van der Waals surface area (Å²) in [5.74, 6) is -0.0150. The lowest BCUT2D eigenvalue weighted by molar-refractivity contribution is -0.115. The number of amides is 1. The maximum absolute atomic E-state index is 11.9. The summed E-state index contributed by atoms with van der Waals surface area (Å²) in [5.41, 5.74) is 3.12. The van der Waals surface area contributed by atoms with Crippen LogP contribution in [-0.2, 0) is 11.2 Å². The highest BCUT2D eigenvalue weighted by Gasteiger charge is 2.03. The average Bonchev–Trinajstić information content (AvgIpc) is 2.50. The summed E-state index contributed by atoms with van der Waals surface area (Å²) in [6, 6.07) is 15.2. The topological polar surface area (TPSA) is 41.1 Å². The Hall–Kier alpha value is -2.00. The Morgan fingerprint density at radius 1 is 1.10 bits per heavy atom. The molecule has 0 atom stereocenters. The molecule has 110 valence electrons. The van der Waals surface area contributed by atoms with Gasteiger partial charge in [-0.15, -0.1) is 0 Å². The summed E-state index contributed by atoms with van der Waals surface area (Å²) in [6.45, 7) is 2.73. The van der Waals surface area contributed by atoms with Gasteiger partial charge in [-0.3, -0.25) is 4.79 Å². The van der Waals surface area contributed by atoms with Gasteiger partial charge in [0.2, 0.25) is 5.91 Å². The first kappa shape index (κ1) is 15.4. The number of anilines is 2. The zero-order valence-corrected chi connectivity index (χ0v) is 12.8. The summed E-state index contributed by atoms with van der Waals surface area (Å²) in [6.07, 6.45) is 1.39. The Kier molecular flexibility index (Phi) is 5.64. The van der Waals surface area contributed by atoms with E-state index in [-0.39, 0.29) is 5.91 Å². The third-order valence-electron chi connectivity index (χ3n) is 3.19. The van der Waals surface area contributed by atoms with Crippen LogP contribution in [0.1, 0.15) is 18.9 Å². The molecule has 0 aliphatic heterocycles. The lowest BCUT2D eigenvalue weighted by Crippen LogP contribution is -2.16. The number of halogens is 1. The van der Waals surface area contributed by atoms with Gasteiger partial charge in [-0.25, -0.2) is 0 Å². The highest BCUT2D eigenvalue weighted by molar-refractivity contribution is 6.30. The summed E-state index contributed by atoms with van der Waals surface area (Å²) in [7, 11) is 0. The molecule has 1 amide bonds. The van der Waals surface area contributed by atoms with Gasteiger partial charge in [0.15, 0.2) is 0 Å². The molecule has 0 saturated carbocycles. The van der Waals surface area contributed by atoms with Crippen LogP contribution in [0.5, 0.6) is 0 Å². The predicted molar refractivity (Wildman–Crippen MR) is 89.0 cm³/mol. The van der Waals surface area contributed by atoms with E-state index in [1.807, 2.05) is 18.2 Å². The molecule has 0 bridgehead atoms. The highest BCUT2D eigenvalue weighted by Crippen LogP contribution is 2.16. The Labute approximate surface area is 130 Å². The largest absolute Gasteiger partial charge is 0.384 e. The number of aryl methyl sites for hydroxylation is 1. The van der Waals surface area contributed by atoms with Crippen LogP contribution in [0.2, 0.25) is 5.02 Å². The van der Waals surface area contributed by atoms with Crippen molar-refractivity contribution >= 4 is 28.9 Å². The number of hydrogen-bond acceptors (Lipinski definition) is 2. The molecule has 2 aromatic carbocycles. The van der Waals surface area contributed by atoms with Gasteiger partial charge in [0.1, 0.15) is 0 Å². The molecule has 2 aromatic rings. The zero-order valence-electron chi connectivity index (χ0n) is 12.0. The number of carbonyl (C=O) groups is 1. The Bertz CT molecular complexity index is 596. The molecule has 2 N–H and O–H groups in total. The van der Waals surface area contributed by atoms with Gasteiger partial charge < -0.3 is 10.6 Å². The maximum Gasteiger partial charge on any atom is 0.226 e. The molecule has 0 fully saturated rings. The number of para-hydroxylation sites is 1. The zero-order chi connectivity index (χ0) is 15.1. The van der Waals surface area contributed by atoms with Gasteiger partial charge in [-0.1, -0.05) is 36.7 Å². The van der Waals surface area contributed by atoms with E-state index in [1.165, 1.54) is 5.56 Å². The first-order chi connectivity index (χ1) is 10.2. The number of rotatable bonds is 6. The van der Waals surface area contributed by atoms with Crippen molar-refractivity contribution in [3.63, 3.8) is 0 Å². The van der Waals surface area contributed by atoms with E-state index in [9.17, 15) is 4.79 Å². The fraction of sp³-hybridized carbons (Fsp3) is 0.235. The second-order valence-electron chi connectivity index (χ2n) is 4.74. The van der Waals surface area contributed by atoms with Crippen LogP contribution in [0, 0.1) is 0 Å². The average molecular weight is 303 g/mol. The Balaban J connectivity index is 1.80. The van der Waals surface area contributed by atoms with E-state index >= 15 is 0 Å². The summed E-state index contributed by atoms with van der Waals surface area (Å²) < 4.78 is 0. The van der Waals surface area contributed by atoms with Crippen LogP contribution in [0.4, 0.5) is 11.4 Å². The molecular weight excluding hydrogens is 284 g/mol. The second-order valence-corrected chi connectivity index (χ2v) is 5.18. The molecule has 0 aromatic heterocycles. The molecule has 3 nitrogen and oxygen atoms in total. The van der Waals surface area contributed by atoms with Crippen molar-refractivity contribution in [1.82, 2.24) is 0 Å². The van der Waals surface area contributed by atoms with Crippen molar-refractivity contribution < 1.29 is 4.79 Å². The number of hydrogen-bond donors (Lipinski definition) is 2. The number of benzene rings is 2. The van der Waals surface area contributed by atoms with E-state index in [0.717, 1.165) is 17.8 Å². The van der Waals surface area contributed by atoms with E-state index in [4.69, 9.17) is 11.6 Å². The fourth-order valence-corrected chi connectivity index (χ4v) is 2.19. The van der Waals surface area contributed by atoms with Crippen molar-refractivity contribution in [3.05, 3.63) is 59.1 Å². The van der Waals surface area contributed by atoms with Gasteiger partial charge in [-0.05, 0) is 42.3 Å². The van der Waals surface area contributed by atoms with E-state index < -0.39 is 0 Å². The smallest absolute Gasteiger partial charge is 0.226 e. The first-order valence-electron chi connectivity index (χ1n) is 7.06. The van der Waals surface area contributed by atoms with Crippen molar-refractivity contribution in [2.75, 3.05) is 17.2 Å². The quantitative estimate of drug-likeness (QED) is 0.833. The molecule has 0 spiro atoms. The van der Waals surface area contributed by atoms with Crippen molar-refractivity contribution in [3.8, 4) is 0 Å². The molecule has 4 heteroatoms. The summed E-state index contributed by atoms with van der Waals surface area (Å²) in [5, 5.41) is 6.81. The van der Waals surface area contributed by atoms with Gasteiger partial charge in [0.05, 0.1) is 0 Å². The maximum atomic E-state index is 11.9. The van der Waals surface area contributed by atoms with Crippen LogP contribution in [-0.4, -0.2) is 12.5 Å². The summed E-state index contributed by atoms with van der Waals surface area (Å²) in [4.78, 5) is 11.9. The van der Waals surface area contributed by atoms with Crippen LogP contribution >= 0.6 is 11.6 Å². The SMILES string of the molecule is CCc1ccccc1NCCC(=O)Nc1ccc(Cl)cc1. The van der Waals surface area contributed by atoms with Gasteiger partial charge >= 0.3 is 0 Å². The number of nitrogens with one attached hydrogen (secondary N) is 2. The molecule has 0 unspecified atom stereocenters. The minimum atomic E-state index is -0.0150. The highest BCUT2D eigenvalue weighted by atomic mass is 35.5. The standard InChI is InChI=1S/C17H19ClN2O/c1-2-13-5-3-4-6-16(13)19-12-11-17(21)20-15-9-7-14(18)8-10-15/h3-10,19H,2,11-12H2,1H3,(H,20,21). The normalized spacial score (nSPS) is 10.2. The van der Waals surface area contributed by atoms with Crippen LogP contribution < -0.4 is 10.6 Å². The lowest BCUT2D eigenvalue weighted by Gasteiger charge is -2.11. The van der Waals surface area contributed by atoms with Crippen molar-refractivity contribution in [2.24, 2.45) is 0 Å². The molecule has 0 heterocycles. The molecule has 0 radical (unpaired) electrons. The van der Waals surface area contributed by atoms with E-state index in [0.29, 0.717) is 18.0 Å². The second kappa shape index (κ2) is 7.70. The fourth-order valence-electron chi connectivity index (χ4n) is 2.07. The molecular formula is C17H19ClN2O.